The molecule has 0 aliphatic heterocycles. The minimum atomic E-state index is -4.80. The molecule has 2 aromatic heterocycles. The fourth-order valence-corrected chi connectivity index (χ4v) is 2.88. The Morgan fingerprint density at radius 1 is 1.03 bits per heavy atom. The summed E-state index contributed by atoms with van der Waals surface area (Å²) >= 11 is 0. The number of benzene rings is 2. The summed E-state index contributed by atoms with van der Waals surface area (Å²) in [5.74, 6) is -0.207. The highest BCUT2D eigenvalue weighted by Crippen LogP contribution is 2.26. The van der Waals surface area contributed by atoms with Crippen molar-refractivity contribution < 1.29 is 27.4 Å². The third-order valence-electron chi connectivity index (χ3n) is 4.31. The number of alkyl halides is 3. The number of carbonyl (C=O) groups excluding carboxylic acids is 1. The van der Waals surface area contributed by atoms with Gasteiger partial charge in [0.05, 0.1) is 11.9 Å². The summed E-state index contributed by atoms with van der Waals surface area (Å²) in [4.78, 5) is 20.7. The Hall–Kier alpha value is -4.41. The van der Waals surface area contributed by atoms with Crippen molar-refractivity contribution >= 4 is 11.6 Å². The summed E-state index contributed by atoms with van der Waals surface area (Å²) in [5.41, 5.74) is 2.02. The van der Waals surface area contributed by atoms with Crippen molar-refractivity contribution in [1.82, 2.24) is 19.7 Å². The molecule has 0 saturated heterocycles. The van der Waals surface area contributed by atoms with Crippen LogP contribution in [-0.2, 0) is 7.05 Å². The number of aromatic nitrogens is 4. The molecule has 0 spiro atoms. The van der Waals surface area contributed by atoms with Gasteiger partial charge < -0.3 is 14.8 Å². The van der Waals surface area contributed by atoms with Crippen LogP contribution in [0.15, 0.2) is 73.3 Å². The third-order valence-corrected chi connectivity index (χ3v) is 4.31. The average Bonchev–Trinajstić information content (AvgIpc) is 3.20. The number of hydrogen-bond acceptors (Lipinski definition) is 6. The van der Waals surface area contributed by atoms with Crippen molar-refractivity contribution in [2.75, 3.05) is 5.32 Å². The fourth-order valence-electron chi connectivity index (χ4n) is 2.88. The van der Waals surface area contributed by atoms with Crippen molar-refractivity contribution in [3.05, 3.63) is 78.9 Å². The molecular weight excluding hydrogens is 439 g/mol. The zero-order valence-corrected chi connectivity index (χ0v) is 17.1. The van der Waals surface area contributed by atoms with Crippen molar-refractivity contribution in [3.63, 3.8) is 0 Å². The molecule has 0 aliphatic rings. The predicted octanol–water partition coefficient (Wildman–Crippen LogP) is 4.82. The van der Waals surface area contributed by atoms with Crippen molar-refractivity contribution in [3.8, 4) is 28.6 Å². The smallest absolute Gasteiger partial charge is 0.439 e. The van der Waals surface area contributed by atoms with E-state index < -0.39 is 18.0 Å². The van der Waals surface area contributed by atoms with E-state index in [0.717, 1.165) is 17.7 Å². The molecule has 8 nitrogen and oxygen atoms in total. The Kier molecular flexibility index (Phi) is 5.94. The summed E-state index contributed by atoms with van der Waals surface area (Å²) in [5, 5.41) is 6.78. The van der Waals surface area contributed by atoms with Gasteiger partial charge in [0.2, 0.25) is 5.88 Å². The van der Waals surface area contributed by atoms with Gasteiger partial charge in [0, 0.05) is 42.2 Å². The highest BCUT2D eigenvalue weighted by atomic mass is 19.4. The van der Waals surface area contributed by atoms with E-state index in [-0.39, 0.29) is 5.56 Å². The molecule has 0 fully saturated rings. The number of ether oxygens (including phenoxy) is 2. The van der Waals surface area contributed by atoms with E-state index in [0.29, 0.717) is 23.0 Å². The topological polar surface area (TPSA) is 91.2 Å². The molecule has 0 bridgehead atoms. The molecule has 4 rings (SSSR count). The molecule has 4 aromatic rings. The maximum absolute atomic E-state index is 12.4. The molecule has 1 N–H and O–H groups in total. The van der Waals surface area contributed by atoms with Crippen molar-refractivity contribution in [2.45, 2.75) is 6.36 Å². The van der Waals surface area contributed by atoms with Gasteiger partial charge in [-0.05, 0) is 36.4 Å². The number of amides is 1. The van der Waals surface area contributed by atoms with Gasteiger partial charge >= 0.3 is 6.36 Å². The van der Waals surface area contributed by atoms with E-state index in [4.69, 9.17) is 4.74 Å². The lowest BCUT2D eigenvalue weighted by atomic mass is 10.2. The number of halogens is 3. The van der Waals surface area contributed by atoms with Crippen LogP contribution < -0.4 is 14.8 Å². The molecule has 0 aliphatic carbocycles. The molecule has 168 valence electrons. The maximum Gasteiger partial charge on any atom is 0.573 e. The normalized spacial score (nSPS) is 11.2. The van der Waals surface area contributed by atoms with Crippen molar-refractivity contribution in [1.29, 1.82) is 0 Å². The Bertz CT molecular complexity index is 1270. The predicted molar refractivity (Wildman–Crippen MR) is 112 cm³/mol. The van der Waals surface area contributed by atoms with Gasteiger partial charge in [-0.1, -0.05) is 6.07 Å². The van der Waals surface area contributed by atoms with Crippen LogP contribution in [0.1, 0.15) is 10.4 Å². The van der Waals surface area contributed by atoms with Gasteiger partial charge in [0.15, 0.2) is 0 Å². The van der Waals surface area contributed by atoms with Gasteiger partial charge in [-0.3, -0.25) is 9.48 Å². The fraction of sp³-hybridized carbons (Fsp3) is 0.0909. The summed E-state index contributed by atoms with van der Waals surface area (Å²) in [6.45, 7) is 0. The molecule has 2 heterocycles. The van der Waals surface area contributed by atoms with Gasteiger partial charge in [-0.15, -0.1) is 13.2 Å². The number of aryl methyl sites for hydroxylation is 1. The zero-order chi connectivity index (χ0) is 23.4. The van der Waals surface area contributed by atoms with E-state index >= 15 is 0 Å². The van der Waals surface area contributed by atoms with Crippen LogP contribution in [0.5, 0.6) is 17.4 Å². The number of rotatable bonds is 6. The van der Waals surface area contributed by atoms with Crippen LogP contribution in [-0.4, -0.2) is 32.0 Å². The lowest BCUT2D eigenvalue weighted by Crippen LogP contribution is -2.17. The number of hydrogen-bond donors (Lipinski definition) is 1. The molecular formula is C22H16F3N5O3. The van der Waals surface area contributed by atoms with Gasteiger partial charge in [0.25, 0.3) is 5.91 Å². The first-order valence-corrected chi connectivity index (χ1v) is 9.51. The number of carbonyl (C=O) groups is 1. The Morgan fingerprint density at radius 3 is 2.52 bits per heavy atom. The first-order chi connectivity index (χ1) is 15.7. The van der Waals surface area contributed by atoms with E-state index in [2.05, 4.69) is 25.1 Å². The molecule has 0 radical (unpaired) electrons. The van der Waals surface area contributed by atoms with Crippen molar-refractivity contribution in [2.24, 2.45) is 7.05 Å². The molecule has 0 atom stereocenters. The minimum absolute atomic E-state index is 0.160. The lowest BCUT2D eigenvalue weighted by Gasteiger charge is -2.10. The standard InChI is InChI=1S/C22H16F3N5O3/c1-30-12-15(11-28-30)19-10-20(27-13-26-19)32-18-4-2-3-16(9-18)29-21(31)14-5-7-17(8-6-14)33-22(23,24)25/h2-13H,1H3,(H,29,31). The Balaban J connectivity index is 1.43. The van der Waals surface area contributed by atoms with Crippen LogP contribution in [0.4, 0.5) is 18.9 Å². The highest BCUT2D eigenvalue weighted by molar-refractivity contribution is 6.04. The first-order valence-electron chi connectivity index (χ1n) is 9.51. The Labute approximate surface area is 185 Å². The zero-order valence-electron chi connectivity index (χ0n) is 17.1. The van der Waals surface area contributed by atoms with E-state index in [9.17, 15) is 18.0 Å². The van der Waals surface area contributed by atoms with Crippen LogP contribution in [0.25, 0.3) is 11.3 Å². The maximum atomic E-state index is 12.4. The average molecular weight is 455 g/mol. The van der Waals surface area contributed by atoms with E-state index in [1.807, 2.05) is 6.20 Å². The van der Waals surface area contributed by atoms with Crippen LogP contribution >= 0.6 is 0 Å². The summed E-state index contributed by atoms with van der Waals surface area (Å²) in [6, 6.07) is 12.9. The Morgan fingerprint density at radius 2 is 1.82 bits per heavy atom. The van der Waals surface area contributed by atoms with E-state index in [1.54, 1.807) is 48.3 Å². The summed E-state index contributed by atoms with van der Waals surface area (Å²) in [6.07, 6.45) is 0.0518. The van der Waals surface area contributed by atoms with Gasteiger partial charge in [-0.2, -0.15) is 5.10 Å². The molecule has 0 unspecified atom stereocenters. The molecule has 0 saturated carbocycles. The quantitative estimate of drug-likeness (QED) is 0.448. The second-order valence-corrected chi connectivity index (χ2v) is 6.80. The third kappa shape index (κ3) is 5.85. The molecule has 1 amide bonds. The number of nitrogens with one attached hydrogen (secondary N) is 1. The monoisotopic (exact) mass is 455 g/mol. The minimum Gasteiger partial charge on any atom is -0.439 e. The molecule has 33 heavy (non-hydrogen) atoms. The SMILES string of the molecule is Cn1cc(-c2cc(Oc3cccc(NC(=O)c4ccc(OC(F)(F)F)cc4)c3)ncn2)cn1. The summed E-state index contributed by atoms with van der Waals surface area (Å²) in [7, 11) is 1.80. The highest BCUT2D eigenvalue weighted by Gasteiger charge is 2.31. The number of nitrogens with zero attached hydrogens (tertiary/aromatic N) is 4. The second-order valence-electron chi connectivity index (χ2n) is 6.80. The lowest BCUT2D eigenvalue weighted by molar-refractivity contribution is -0.274. The molecule has 2 aromatic carbocycles. The number of anilines is 1. The first kappa shape index (κ1) is 21.8. The van der Waals surface area contributed by atoms with Crippen LogP contribution in [0.2, 0.25) is 0 Å². The molecule has 11 heteroatoms. The van der Waals surface area contributed by atoms with Crippen LogP contribution in [0.3, 0.4) is 0 Å². The largest absolute Gasteiger partial charge is 0.573 e. The van der Waals surface area contributed by atoms with Gasteiger partial charge in [0.1, 0.15) is 17.8 Å². The van der Waals surface area contributed by atoms with E-state index in [1.165, 1.54) is 18.5 Å². The van der Waals surface area contributed by atoms with Crippen LogP contribution in [0, 0.1) is 0 Å². The second kappa shape index (κ2) is 8.99. The summed E-state index contributed by atoms with van der Waals surface area (Å²) < 4.78 is 48.0. The van der Waals surface area contributed by atoms with Gasteiger partial charge in [-0.25, -0.2) is 9.97 Å².